The fraction of sp³-hybridized carbons (Fsp3) is 0.857. The molecule has 16 heavy (non-hydrogen) atoms. The lowest BCUT2D eigenvalue weighted by Gasteiger charge is -2.11. The summed E-state index contributed by atoms with van der Waals surface area (Å²) >= 11 is 0. The zero-order valence-corrected chi connectivity index (χ0v) is 11.3. The summed E-state index contributed by atoms with van der Waals surface area (Å²) in [6.07, 6.45) is 6.25. The molecule has 0 radical (unpaired) electrons. The summed E-state index contributed by atoms with van der Waals surface area (Å²) in [7, 11) is 0. The van der Waals surface area contributed by atoms with Gasteiger partial charge in [-0.25, -0.2) is 0 Å². The normalized spacial score (nSPS) is 17.2. The Kier molecular flexibility index (Phi) is 6.74. The highest BCUT2D eigenvalue weighted by Gasteiger charge is 2.15. The van der Waals surface area contributed by atoms with Crippen LogP contribution in [0, 0.1) is 5.92 Å². The van der Waals surface area contributed by atoms with Crippen LogP contribution in [0.4, 0.5) is 0 Å². The van der Waals surface area contributed by atoms with Crippen LogP contribution in [0.15, 0.2) is 11.6 Å². The van der Waals surface area contributed by atoms with E-state index < -0.39 is 0 Å². The fourth-order valence-corrected chi connectivity index (χ4v) is 1.81. The quantitative estimate of drug-likeness (QED) is 0.368. The smallest absolute Gasteiger partial charge is 0.0110 e. The monoisotopic (exact) mass is 224 g/mol. The maximum absolute atomic E-state index is 3.53. The summed E-state index contributed by atoms with van der Waals surface area (Å²) in [6.45, 7) is 13.0. The van der Waals surface area contributed by atoms with Crippen LogP contribution in [-0.4, -0.2) is 37.6 Å². The molecule has 1 aliphatic heterocycles. The Morgan fingerprint density at radius 3 is 2.62 bits per heavy atom. The number of hydrogen-bond acceptors (Lipinski definition) is 2. The summed E-state index contributed by atoms with van der Waals surface area (Å²) in [4.78, 5) is 2.46. The molecule has 1 aliphatic rings. The number of allylic oxidation sites excluding steroid dienone is 2. The van der Waals surface area contributed by atoms with Gasteiger partial charge >= 0.3 is 0 Å². The van der Waals surface area contributed by atoms with Crippen LogP contribution in [0.3, 0.4) is 0 Å². The number of rotatable bonds is 9. The fourth-order valence-electron chi connectivity index (χ4n) is 1.81. The minimum absolute atomic E-state index is 0.851. The van der Waals surface area contributed by atoms with Crippen molar-refractivity contribution in [2.45, 2.75) is 40.0 Å². The van der Waals surface area contributed by atoms with E-state index in [1.54, 1.807) is 0 Å². The van der Waals surface area contributed by atoms with E-state index in [-0.39, 0.29) is 0 Å². The molecule has 0 saturated carbocycles. The Hall–Kier alpha value is -0.340. The lowest BCUT2D eigenvalue weighted by molar-refractivity contribution is 0.457. The molecular weight excluding hydrogens is 196 g/mol. The van der Waals surface area contributed by atoms with Crippen LogP contribution in [-0.2, 0) is 0 Å². The van der Waals surface area contributed by atoms with Gasteiger partial charge in [0.05, 0.1) is 0 Å². The number of nitrogens with one attached hydrogen (secondary N) is 1. The van der Waals surface area contributed by atoms with E-state index >= 15 is 0 Å². The molecule has 0 bridgehead atoms. The van der Waals surface area contributed by atoms with Crippen LogP contribution < -0.4 is 5.32 Å². The van der Waals surface area contributed by atoms with Gasteiger partial charge in [0.25, 0.3) is 0 Å². The molecule has 94 valence electrons. The minimum atomic E-state index is 0.851. The summed E-state index contributed by atoms with van der Waals surface area (Å²) in [5, 5.41) is 3.53. The first-order valence-electron chi connectivity index (χ1n) is 6.75. The van der Waals surface area contributed by atoms with Gasteiger partial charge in [-0.2, -0.15) is 0 Å². The van der Waals surface area contributed by atoms with Crippen LogP contribution in [0.1, 0.15) is 40.0 Å². The Morgan fingerprint density at radius 2 is 2.00 bits per heavy atom. The largest absolute Gasteiger partial charge is 0.315 e. The maximum Gasteiger partial charge on any atom is 0.0110 e. The molecule has 1 heterocycles. The number of hydrogen-bond donors (Lipinski definition) is 1. The molecule has 1 rings (SSSR count). The number of nitrogens with zero attached hydrogens (tertiary/aromatic N) is 1. The summed E-state index contributed by atoms with van der Waals surface area (Å²) < 4.78 is 0. The van der Waals surface area contributed by atoms with Crippen molar-refractivity contribution in [2.75, 3.05) is 32.7 Å². The molecule has 1 saturated heterocycles. The van der Waals surface area contributed by atoms with Crippen molar-refractivity contribution in [3.8, 4) is 0 Å². The average Bonchev–Trinajstić information content (AvgIpc) is 3.00. The van der Waals surface area contributed by atoms with Crippen molar-refractivity contribution in [2.24, 2.45) is 5.92 Å². The maximum atomic E-state index is 3.53. The molecule has 0 aliphatic carbocycles. The van der Waals surface area contributed by atoms with Crippen molar-refractivity contribution < 1.29 is 0 Å². The predicted octanol–water partition coefficient (Wildman–Crippen LogP) is 2.66. The molecule has 2 heteroatoms. The highest BCUT2D eigenvalue weighted by molar-refractivity contribution is 4.92. The molecule has 0 spiro atoms. The van der Waals surface area contributed by atoms with E-state index in [1.807, 2.05) is 0 Å². The molecule has 0 aromatic rings. The van der Waals surface area contributed by atoms with Gasteiger partial charge in [-0.1, -0.05) is 18.6 Å². The molecule has 1 atom stereocenters. The molecule has 0 aromatic carbocycles. The lowest BCUT2D eigenvalue weighted by Crippen LogP contribution is -2.24. The van der Waals surface area contributed by atoms with Crippen LogP contribution in [0.5, 0.6) is 0 Å². The van der Waals surface area contributed by atoms with E-state index in [0.29, 0.717) is 0 Å². The van der Waals surface area contributed by atoms with Crippen LogP contribution in [0.2, 0.25) is 0 Å². The average molecular weight is 224 g/mol. The van der Waals surface area contributed by atoms with Crippen molar-refractivity contribution in [3.63, 3.8) is 0 Å². The van der Waals surface area contributed by atoms with E-state index in [1.165, 1.54) is 57.6 Å². The molecular formula is C14H28N2. The Morgan fingerprint density at radius 1 is 1.25 bits per heavy atom. The Labute approximate surface area is 101 Å². The van der Waals surface area contributed by atoms with Gasteiger partial charge in [-0.3, -0.25) is 4.90 Å². The Balaban J connectivity index is 1.84. The predicted molar refractivity (Wildman–Crippen MR) is 71.8 cm³/mol. The van der Waals surface area contributed by atoms with E-state index in [2.05, 4.69) is 37.1 Å². The Bertz CT molecular complexity index is 203. The minimum Gasteiger partial charge on any atom is -0.315 e. The van der Waals surface area contributed by atoms with E-state index in [0.717, 1.165) is 5.92 Å². The van der Waals surface area contributed by atoms with Crippen molar-refractivity contribution in [3.05, 3.63) is 11.6 Å². The second kappa shape index (κ2) is 7.86. The van der Waals surface area contributed by atoms with Gasteiger partial charge in [-0.05, 0) is 45.6 Å². The third-order valence-corrected chi connectivity index (χ3v) is 3.17. The standard InChI is InChI=1S/C14H28N2/c1-13(2)5-4-6-14(3)7-8-15-9-10-16-11-12-16/h5,14-15H,4,6-12H2,1-3H3. The topological polar surface area (TPSA) is 15.0 Å². The molecule has 0 amide bonds. The zero-order valence-electron chi connectivity index (χ0n) is 11.3. The zero-order chi connectivity index (χ0) is 11.8. The molecule has 1 N–H and O–H groups in total. The molecule has 0 aromatic heterocycles. The first kappa shape index (κ1) is 13.7. The van der Waals surface area contributed by atoms with Crippen LogP contribution in [0.25, 0.3) is 0 Å². The highest BCUT2D eigenvalue weighted by Crippen LogP contribution is 2.10. The second-order valence-corrected chi connectivity index (χ2v) is 5.34. The van der Waals surface area contributed by atoms with Gasteiger partial charge in [0, 0.05) is 26.2 Å². The highest BCUT2D eigenvalue weighted by atomic mass is 15.3. The van der Waals surface area contributed by atoms with E-state index in [9.17, 15) is 0 Å². The first-order valence-corrected chi connectivity index (χ1v) is 6.75. The van der Waals surface area contributed by atoms with Gasteiger partial charge in [-0.15, -0.1) is 0 Å². The summed E-state index contributed by atoms with van der Waals surface area (Å²) in [5.74, 6) is 0.851. The summed E-state index contributed by atoms with van der Waals surface area (Å²) in [5.41, 5.74) is 1.45. The third-order valence-electron chi connectivity index (χ3n) is 3.17. The lowest BCUT2D eigenvalue weighted by atomic mass is 10.0. The molecule has 1 fully saturated rings. The first-order chi connectivity index (χ1) is 7.68. The SMILES string of the molecule is CC(C)=CCCC(C)CCNCCN1CC1. The van der Waals surface area contributed by atoms with Crippen molar-refractivity contribution in [1.82, 2.24) is 10.2 Å². The second-order valence-electron chi connectivity index (χ2n) is 5.34. The van der Waals surface area contributed by atoms with Gasteiger partial charge in [0.1, 0.15) is 0 Å². The van der Waals surface area contributed by atoms with Crippen molar-refractivity contribution in [1.29, 1.82) is 0 Å². The van der Waals surface area contributed by atoms with Crippen molar-refractivity contribution >= 4 is 0 Å². The summed E-state index contributed by atoms with van der Waals surface area (Å²) in [6, 6.07) is 0. The van der Waals surface area contributed by atoms with Crippen LogP contribution >= 0.6 is 0 Å². The molecule has 1 unspecified atom stereocenters. The van der Waals surface area contributed by atoms with Gasteiger partial charge in [0.2, 0.25) is 0 Å². The third kappa shape index (κ3) is 7.89. The van der Waals surface area contributed by atoms with Gasteiger partial charge < -0.3 is 5.32 Å². The van der Waals surface area contributed by atoms with Gasteiger partial charge in [0.15, 0.2) is 0 Å². The molecule has 2 nitrogen and oxygen atoms in total. The van der Waals surface area contributed by atoms with E-state index in [4.69, 9.17) is 0 Å².